The number of carbonyl (C=O) groups is 3. The van der Waals surface area contributed by atoms with Crippen molar-refractivity contribution in [3.63, 3.8) is 0 Å². The first-order valence-corrected chi connectivity index (χ1v) is 6.86. The van der Waals surface area contributed by atoms with E-state index in [0.717, 1.165) is 0 Å². The Hall–Kier alpha value is -3.35. The van der Waals surface area contributed by atoms with Crippen molar-refractivity contribution in [3.8, 4) is 11.5 Å². The molecule has 0 saturated carbocycles. The molecule has 0 aliphatic rings. The molecule has 0 aliphatic carbocycles. The summed E-state index contributed by atoms with van der Waals surface area (Å²) in [7, 11) is 0. The minimum atomic E-state index is -1.56. The summed E-state index contributed by atoms with van der Waals surface area (Å²) in [6, 6.07) is 8.63. The number of aryl methyl sites for hydroxylation is 2. The summed E-state index contributed by atoms with van der Waals surface area (Å²) in [6.07, 6.45) is -1.56. The third kappa shape index (κ3) is 3.52. The Balaban J connectivity index is 2.08. The molecular weight excluding hydrogens is 316 g/mol. The lowest BCUT2D eigenvalue weighted by Gasteiger charge is -2.07. The van der Waals surface area contributed by atoms with Gasteiger partial charge in [-0.15, -0.1) is 0 Å². The zero-order chi connectivity index (χ0) is 17.9. The van der Waals surface area contributed by atoms with E-state index in [2.05, 4.69) is 9.47 Å². The number of phenols is 2. The van der Waals surface area contributed by atoms with Crippen LogP contribution < -0.4 is 0 Å². The molecule has 24 heavy (non-hydrogen) atoms. The molecule has 0 aromatic heterocycles. The third-order valence-corrected chi connectivity index (χ3v) is 3.27. The van der Waals surface area contributed by atoms with Crippen LogP contribution in [0.25, 0.3) is 0 Å². The second-order valence-corrected chi connectivity index (χ2v) is 4.97. The van der Waals surface area contributed by atoms with Crippen molar-refractivity contribution >= 4 is 18.1 Å². The summed E-state index contributed by atoms with van der Waals surface area (Å²) < 4.78 is 8.74. The van der Waals surface area contributed by atoms with Gasteiger partial charge >= 0.3 is 18.1 Å². The number of hydrogen-bond donors (Lipinski definition) is 2. The zero-order valence-electron chi connectivity index (χ0n) is 12.9. The zero-order valence-corrected chi connectivity index (χ0v) is 12.9. The lowest BCUT2D eigenvalue weighted by atomic mass is 10.1. The minimum Gasteiger partial charge on any atom is -0.507 e. The highest BCUT2D eigenvalue weighted by molar-refractivity contribution is 6.02. The molecule has 2 aromatic rings. The van der Waals surface area contributed by atoms with E-state index in [-0.39, 0.29) is 22.6 Å². The van der Waals surface area contributed by atoms with E-state index >= 15 is 0 Å². The predicted molar refractivity (Wildman–Crippen MR) is 81.9 cm³/mol. The van der Waals surface area contributed by atoms with E-state index in [9.17, 15) is 24.6 Å². The Kier molecular flexibility index (Phi) is 4.84. The van der Waals surface area contributed by atoms with Gasteiger partial charge in [0.2, 0.25) is 0 Å². The molecule has 0 amide bonds. The van der Waals surface area contributed by atoms with Crippen LogP contribution in [0.5, 0.6) is 11.5 Å². The van der Waals surface area contributed by atoms with E-state index in [1.165, 1.54) is 24.3 Å². The summed E-state index contributed by atoms with van der Waals surface area (Å²) in [4.78, 5) is 35.2. The van der Waals surface area contributed by atoms with Gasteiger partial charge in [0.15, 0.2) is 0 Å². The SMILES string of the molecule is Cc1cccc(C(=O)OC(=O)OC(=O)c2cccc(C)c2O)c1O. The van der Waals surface area contributed by atoms with E-state index in [1.807, 2.05) is 0 Å². The van der Waals surface area contributed by atoms with Crippen LogP contribution in [0.4, 0.5) is 4.79 Å². The van der Waals surface area contributed by atoms with Crippen LogP contribution in [0.2, 0.25) is 0 Å². The van der Waals surface area contributed by atoms with Crippen molar-refractivity contribution in [3.05, 3.63) is 58.7 Å². The Morgan fingerprint density at radius 1 is 0.750 bits per heavy atom. The summed E-state index contributed by atoms with van der Waals surface area (Å²) in [5.41, 5.74) is 0.354. The molecule has 2 rings (SSSR count). The molecule has 0 atom stereocenters. The first kappa shape index (κ1) is 17.0. The normalized spacial score (nSPS) is 10.1. The Labute approximate surface area is 137 Å². The number of ether oxygens (including phenoxy) is 2. The fourth-order valence-corrected chi connectivity index (χ4v) is 1.93. The maximum absolute atomic E-state index is 11.8. The standard InChI is InChI=1S/C17H14O7/c1-9-5-3-7-11(13(9)18)15(20)23-17(22)24-16(21)12-8-4-6-10(2)14(12)19/h3-8,18-19H,1-2H3. The van der Waals surface area contributed by atoms with Crippen molar-refractivity contribution in [1.82, 2.24) is 0 Å². The number of rotatable bonds is 2. The van der Waals surface area contributed by atoms with Crippen LogP contribution in [-0.4, -0.2) is 28.3 Å². The molecule has 0 heterocycles. The number of carbonyl (C=O) groups excluding carboxylic acids is 3. The summed E-state index contributed by atoms with van der Waals surface area (Å²) in [5, 5.41) is 19.5. The number of hydrogen-bond acceptors (Lipinski definition) is 7. The van der Waals surface area contributed by atoms with Gasteiger partial charge in [-0.25, -0.2) is 14.4 Å². The summed E-state index contributed by atoms with van der Waals surface area (Å²) in [6.45, 7) is 3.13. The number of esters is 2. The Morgan fingerprint density at radius 2 is 1.12 bits per heavy atom. The quantitative estimate of drug-likeness (QED) is 0.643. The van der Waals surface area contributed by atoms with Crippen LogP contribution in [0, 0.1) is 13.8 Å². The average molecular weight is 330 g/mol. The molecule has 124 valence electrons. The molecular formula is C17H14O7. The molecule has 0 unspecified atom stereocenters. The van der Waals surface area contributed by atoms with Gasteiger partial charge in [0.05, 0.1) is 0 Å². The highest BCUT2D eigenvalue weighted by Crippen LogP contribution is 2.24. The molecule has 0 saturated heterocycles. The maximum Gasteiger partial charge on any atom is 0.524 e. The fourth-order valence-electron chi connectivity index (χ4n) is 1.93. The average Bonchev–Trinajstić information content (AvgIpc) is 2.52. The monoisotopic (exact) mass is 330 g/mol. The molecule has 2 N–H and O–H groups in total. The molecule has 0 radical (unpaired) electrons. The molecule has 0 bridgehead atoms. The highest BCUT2D eigenvalue weighted by atomic mass is 16.8. The number of benzene rings is 2. The van der Waals surface area contributed by atoms with Gasteiger partial charge in [-0.2, -0.15) is 0 Å². The van der Waals surface area contributed by atoms with Gasteiger partial charge < -0.3 is 19.7 Å². The lowest BCUT2D eigenvalue weighted by molar-refractivity contribution is 0.0335. The first-order chi connectivity index (χ1) is 11.3. The molecule has 2 aromatic carbocycles. The smallest absolute Gasteiger partial charge is 0.507 e. The minimum absolute atomic E-state index is 0.238. The van der Waals surface area contributed by atoms with Gasteiger partial charge in [0, 0.05) is 0 Å². The van der Waals surface area contributed by atoms with Crippen molar-refractivity contribution in [2.24, 2.45) is 0 Å². The van der Waals surface area contributed by atoms with Gasteiger partial charge in [-0.05, 0) is 37.1 Å². The number of phenolic OH excluding ortho intramolecular Hbond substituents is 2. The van der Waals surface area contributed by atoms with E-state index < -0.39 is 18.1 Å². The maximum atomic E-state index is 11.8. The largest absolute Gasteiger partial charge is 0.524 e. The molecule has 7 heteroatoms. The van der Waals surface area contributed by atoms with Crippen LogP contribution in [0.1, 0.15) is 31.8 Å². The second-order valence-electron chi connectivity index (χ2n) is 4.97. The van der Waals surface area contributed by atoms with Crippen LogP contribution in [-0.2, 0) is 9.47 Å². The second kappa shape index (κ2) is 6.82. The van der Waals surface area contributed by atoms with Gasteiger partial charge in [-0.1, -0.05) is 24.3 Å². The van der Waals surface area contributed by atoms with Crippen molar-refractivity contribution < 1.29 is 34.1 Å². The van der Waals surface area contributed by atoms with Crippen molar-refractivity contribution in [2.75, 3.05) is 0 Å². The lowest BCUT2D eigenvalue weighted by Crippen LogP contribution is -2.18. The van der Waals surface area contributed by atoms with E-state index in [1.54, 1.807) is 26.0 Å². The van der Waals surface area contributed by atoms with Gasteiger partial charge in [-0.3, -0.25) is 0 Å². The van der Waals surface area contributed by atoms with Crippen molar-refractivity contribution in [2.45, 2.75) is 13.8 Å². The fraction of sp³-hybridized carbons (Fsp3) is 0.118. The van der Waals surface area contributed by atoms with Crippen LogP contribution in [0.15, 0.2) is 36.4 Å². The first-order valence-electron chi connectivity index (χ1n) is 6.86. The van der Waals surface area contributed by atoms with Gasteiger partial charge in [0.25, 0.3) is 0 Å². The molecule has 0 fully saturated rings. The summed E-state index contributed by atoms with van der Waals surface area (Å²) >= 11 is 0. The topological polar surface area (TPSA) is 110 Å². The van der Waals surface area contributed by atoms with Gasteiger partial charge in [0.1, 0.15) is 22.6 Å². The van der Waals surface area contributed by atoms with E-state index in [0.29, 0.717) is 11.1 Å². The van der Waals surface area contributed by atoms with Crippen LogP contribution in [0.3, 0.4) is 0 Å². The van der Waals surface area contributed by atoms with Crippen molar-refractivity contribution in [1.29, 1.82) is 0 Å². The predicted octanol–water partition coefficient (Wildman–Crippen LogP) is 2.85. The van der Waals surface area contributed by atoms with E-state index in [4.69, 9.17) is 0 Å². The molecule has 0 aliphatic heterocycles. The van der Waals surface area contributed by atoms with Crippen LogP contribution >= 0.6 is 0 Å². The number of aromatic hydroxyl groups is 2. The third-order valence-electron chi connectivity index (χ3n) is 3.27. The highest BCUT2D eigenvalue weighted by Gasteiger charge is 2.23. The Bertz CT molecular complexity index is 756. The summed E-state index contributed by atoms with van der Waals surface area (Å²) in [5.74, 6) is -3.00. The number of para-hydroxylation sites is 2. The molecule has 7 nitrogen and oxygen atoms in total. The Morgan fingerprint density at radius 3 is 1.50 bits per heavy atom. The molecule has 0 spiro atoms.